The molecule has 1 saturated carbocycles. The summed E-state index contributed by atoms with van der Waals surface area (Å²) in [6.07, 6.45) is 6.84. The summed E-state index contributed by atoms with van der Waals surface area (Å²) in [4.78, 5) is 44.5. The minimum absolute atomic E-state index is 0.0372. The van der Waals surface area contributed by atoms with Crippen LogP contribution in [0.2, 0.25) is 0 Å². The molecule has 2 aliphatic rings. The van der Waals surface area contributed by atoms with E-state index in [1.54, 1.807) is 25.6 Å². The molecule has 3 aromatic rings. The van der Waals surface area contributed by atoms with Gasteiger partial charge in [0.25, 0.3) is 11.8 Å². The number of oxazole rings is 1. The van der Waals surface area contributed by atoms with Crippen LogP contribution in [0.3, 0.4) is 0 Å². The first-order valence-corrected chi connectivity index (χ1v) is 9.78. The van der Waals surface area contributed by atoms with Crippen LogP contribution >= 0.6 is 0 Å². The Labute approximate surface area is 172 Å². The van der Waals surface area contributed by atoms with Gasteiger partial charge in [0.1, 0.15) is 11.8 Å². The van der Waals surface area contributed by atoms with E-state index in [1.165, 1.54) is 11.1 Å². The summed E-state index contributed by atoms with van der Waals surface area (Å²) < 4.78 is 5.61. The minimum Gasteiger partial charge on any atom is -0.437 e. The number of likely N-dealkylation sites (N-methyl/N-ethyl adjacent to an activating group) is 1. The quantitative estimate of drug-likeness (QED) is 0.702. The number of anilines is 1. The van der Waals surface area contributed by atoms with E-state index in [9.17, 15) is 9.59 Å². The lowest BCUT2D eigenvalue weighted by molar-refractivity contribution is -0.120. The third-order valence-corrected chi connectivity index (χ3v) is 5.88. The number of fused-ring (bicyclic) bond motifs is 3. The van der Waals surface area contributed by atoms with Crippen LogP contribution in [-0.2, 0) is 11.2 Å². The number of nitrogens with one attached hydrogen (secondary N) is 1. The van der Waals surface area contributed by atoms with Gasteiger partial charge < -0.3 is 9.73 Å². The molecule has 2 amide bonds. The normalized spacial score (nSPS) is 24.6. The Balaban J connectivity index is 1.35. The van der Waals surface area contributed by atoms with Gasteiger partial charge in [0.15, 0.2) is 5.82 Å². The molecule has 1 aliphatic carbocycles. The lowest BCUT2D eigenvalue weighted by atomic mass is 10.1. The van der Waals surface area contributed by atoms with Gasteiger partial charge in [0.2, 0.25) is 0 Å². The summed E-state index contributed by atoms with van der Waals surface area (Å²) >= 11 is 0. The Bertz CT molecular complexity index is 1110. The summed E-state index contributed by atoms with van der Waals surface area (Å²) in [5, 5.41) is 2.83. The van der Waals surface area contributed by atoms with Gasteiger partial charge in [-0.2, -0.15) is 0 Å². The average Bonchev–Trinajstić information content (AvgIpc) is 3.21. The first kappa shape index (κ1) is 18.4. The van der Waals surface area contributed by atoms with Crippen molar-refractivity contribution in [3.05, 3.63) is 66.0 Å². The van der Waals surface area contributed by atoms with Crippen molar-refractivity contribution >= 4 is 17.6 Å². The number of amides is 2. The van der Waals surface area contributed by atoms with Crippen molar-refractivity contribution in [3.8, 4) is 0 Å². The summed E-state index contributed by atoms with van der Waals surface area (Å²) in [7, 11) is 1.65. The highest BCUT2D eigenvalue weighted by Gasteiger charge is 2.59. The van der Waals surface area contributed by atoms with E-state index < -0.39 is 11.9 Å². The molecule has 3 aromatic heterocycles. The number of carbonyl (C=O) groups excluding carboxylic acids is 2. The van der Waals surface area contributed by atoms with Crippen LogP contribution in [0.4, 0.5) is 5.82 Å². The summed E-state index contributed by atoms with van der Waals surface area (Å²) in [5.74, 6) is 0.531. The van der Waals surface area contributed by atoms with Crippen LogP contribution in [0.1, 0.15) is 40.7 Å². The molecule has 0 saturated heterocycles. The SMILES string of the molecule is CC1C2c3nccnc3N(C)C(=O)[C@@H](NC(=O)c3ncc(Cc4ccccn4)o3)C12. The highest BCUT2D eigenvalue weighted by molar-refractivity contribution is 6.02. The van der Waals surface area contributed by atoms with Crippen molar-refractivity contribution in [2.45, 2.75) is 25.3 Å². The first-order chi connectivity index (χ1) is 14.5. The fourth-order valence-corrected chi connectivity index (χ4v) is 4.28. The lowest BCUT2D eigenvalue weighted by Gasteiger charge is -2.22. The Morgan fingerprint density at radius 1 is 1.17 bits per heavy atom. The zero-order valence-electron chi connectivity index (χ0n) is 16.5. The van der Waals surface area contributed by atoms with Crippen LogP contribution in [0.25, 0.3) is 0 Å². The zero-order chi connectivity index (χ0) is 20.8. The Hall–Kier alpha value is -3.62. The molecule has 0 spiro atoms. The molecule has 1 fully saturated rings. The zero-order valence-corrected chi connectivity index (χ0v) is 16.5. The topological polar surface area (TPSA) is 114 Å². The molecule has 0 radical (unpaired) electrons. The third kappa shape index (κ3) is 3.02. The van der Waals surface area contributed by atoms with Crippen LogP contribution in [0, 0.1) is 11.8 Å². The predicted octanol–water partition coefficient (Wildman–Crippen LogP) is 1.57. The average molecular weight is 404 g/mol. The first-order valence-electron chi connectivity index (χ1n) is 9.78. The Morgan fingerprint density at radius 3 is 2.80 bits per heavy atom. The number of rotatable bonds is 4. The Kier molecular flexibility index (Phi) is 4.30. The second kappa shape index (κ2) is 7.01. The standard InChI is InChI=1S/C21H20N6O3/c1-11-14-15(11)17(21(29)27(2)18-16(14)23-7-8-24-18)26-19(28)20-25-10-13(30-20)9-12-5-3-4-6-22-12/h3-8,10-11,14-15,17H,9H2,1-2H3,(H,26,28)/t11?,14?,15?,17-/m0/s1. The Morgan fingerprint density at radius 2 is 2.00 bits per heavy atom. The molecule has 5 rings (SSSR count). The molecule has 4 atom stereocenters. The van der Waals surface area contributed by atoms with Gasteiger partial charge >= 0.3 is 5.91 Å². The molecule has 0 aromatic carbocycles. The number of carbonyl (C=O) groups is 2. The van der Waals surface area contributed by atoms with E-state index >= 15 is 0 Å². The molecule has 4 heterocycles. The van der Waals surface area contributed by atoms with Crippen LogP contribution in [-0.4, -0.2) is 44.8 Å². The molecule has 0 bridgehead atoms. The van der Waals surface area contributed by atoms with Gasteiger partial charge in [0, 0.05) is 49.6 Å². The predicted molar refractivity (Wildman–Crippen MR) is 106 cm³/mol. The van der Waals surface area contributed by atoms with E-state index in [2.05, 4.69) is 32.2 Å². The van der Waals surface area contributed by atoms with Crippen LogP contribution in [0.15, 0.2) is 47.4 Å². The summed E-state index contributed by atoms with van der Waals surface area (Å²) in [6, 6.07) is 4.90. The summed E-state index contributed by atoms with van der Waals surface area (Å²) in [5.41, 5.74) is 1.62. The van der Waals surface area contributed by atoms with E-state index in [0.717, 1.165) is 11.4 Å². The second-order valence-corrected chi connectivity index (χ2v) is 7.71. The molecule has 1 N–H and O–H groups in total. The monoisotopic (exact) mass is 404 g/mol. The van der Waals surface area contributed by atoms with Crippen molar-refractivity contribution in [1.29, 1.82) is 0 Å². The lowest BCUT2D eigenvalue weighted by Crippen LogP contribution is -2.49. The number of hydrogen-bond donors (Lipinski definition) is 1. The molecular weight excluding hydrogens is 384 g/mol. The largest absolute Gasteiger partial charge is 0.437 e. The van der Waals surface area contributed by atoms with Crippen molar-refractivity contribution < 1.29 is 14.0 Å². The highest BCUT2D eigenvalue weighted by atomic mass is 16.4. The van der Waals surface area contributed by atoms with Crippen molar-refractivity contribution in [3.63, 3.8) is 0 Å². The number of nitrogens with zero attached hydrogens (tertiary/aromatic N) is 5. The van der Waals surface area contributed by atoms with Gasteiger partial charge in [-0.25, -0.2) is 9.97 Å². The molecular formula is C21H20N6O3. The van der Waals surface area contributed by atoms with Gasteiger partial charge in [-0.15, -0.1) is 0 Å². The van der Waals surface area contributed by atoms with Crippen LogP contribution < -0.4 is 10.2 Å². The smallest absolute Gasteiger partial charge is 0.307 e. The minimum atomic E-state index is -0.690. The molecule has 3 unspecified atom stereocenters. The fourth-order valence-electron chi connectivity index (χ4n) is 4.28. The van der Waals surface area contributed by atoms with Crippen molar-refractivity contribution in [2.75, 3.05) is 11.9 Å². The molecule has 30 heavy (non-hydrogen) atoms. The highest BCUT2D eigenvalue weighted by Crippen LogP contribution is 2.58. The van der Waals surface area contributed by atoms with Gasteiger partial charge in [0.05, 0.1) is 11.9 Å². The molecule has 152 valence electrons. The van der Waals surface area contributed by atoms with Crippen molar-refractivity contribution in [2.24, 2.45) is 11.8 Å². The van der Waals surface area contributed by atoms with Crippen molar-refractivity contribution in [1.82, 2.24) is 25.3 Å². The summed E-state index contributed by atoms with van der Waals surface area (Å²) in [6.45, 7) is 2.06. The van der Waals surface area contributed by atoms with E-state index in [-0.39, 0.29) is 29.6 Å². The molecule has 1 aliphatic heterocycles. The maximum Gasteiger partial charge on any atom is 0.307 e. The van der Waals surface area contributed by atoms with Gasteiger partial charge in [-0.05, 0) is 18.1 Å². The molecule has 9 nitrogen and oxygen atoms in total. The second-order valence-electron chi connectivity index (χ2n) is 7.71. The van der Waals surface area contributed by atoms with E-state index in [1.807, 2.05) is 18.2 Å². The third-order valence-electron chi connectivity index (χ3n) is 5.88. The number of aromatic nitrogens is 4. The van der Waals surface area contributed by atoms with Gasteiger partial charge in [-0.3, -0.25) is 24.5 Å². The fraction of sp³-hybridized carbons (Fsp3) is 0.333. The number of pyridine rings is 1. The van der Waals surface area contributed by atoms with E-state index in [0.29, 0.717) is 18.0 Å². The van der Waals surface area contributed by atoms with Gasteiger partial charge in [-0.1, -0.05) is 13.0 Å². The maximum atomic E-state index is 13.1. The maximum absolute atomic E-state index is 13.1. The van der Waals surface area contributed by atoms with E-state index in [4.69, 9.17) is 4.42 Å². The van der Waals surface area contributed by atoms with Crippen LogP contribution in [0.5, 0.6) is 0 Å². The molecule has 9 heteroatoms. The number of hydrogen-bond acceptors (Lipinski definition) is 7.